The lowest BCUT2D eigenvalue weighted by Crippen LogP contribution is -2.20. The topological polar surface area (TPSA) is 73.8 Å². The molecular formula is C54H69N7S. The van der Waals surface area contributed by atoms with Gasteiger partial charge < -0.3 is 8.97 Å². The van der Waals surface area contributed by atoms with Crippen molar-refractivity contribution in [3.63, 3.8) is 0 Å². The number of allylic oxidation sites excluding steroid dienone is 4. The predicted molar refractivity (Wildman–Crippen MR) is 266 cm³/mol. The Hall–Kier alpha value is -5.34. The number of thioether (sulfide) groups is 1. The van der Waals surface area contributed by atoms with Crippen LogP contribution in [-0.4, -0.2) is 39.1 Å². The van der Waals surface area contributed by atoms with Crippen LogP contribution < -0.4 is 0 Å². The fraction of sp³-hybridized carbons (Fsp3) is 0.389. The summed E-state index contributed by atoms with van der Waals surface area (Å²) in [5.41, 5.74) is 9.09. The van der Waals surface area contributed by atoms with E-state index in [2.05, 4.69) is 197 Å². The molecule has 2 aliphatic rings. The molecule has 0 N–H and O–H groups in total. The molecule has 326 valence electrons. The molecule has 1 aliphatic heterocycles. The number of benzene rings is 1. The SMILES string of the molecule is CC(C)(C)C1=CSC2C=CC=CC12.CC(C)(C)c1cnc2ccccn12.CC(C)(C)c1cncc2ccccc12.CC(C)(C)n1cnc2ncccc21.CC(C)c1cccnc1. The van der Waals surface area contributed by atoms with Crippen molar-refractivity contribution in [2.45, 2.75) is 124 Å². The Bertz CT molecular complexity index is 2490. The zero-order valence-corrected chi connectivity index (χ0v) is 40.4. The van der Waals surface area contributed by atoms with Gasteiger partial charge in [0.2, 0.25) is 0 Å². The van der Waals surface area contributed by atoms with Gasteiger partial charge in [-0.25, -0.2) is 15.0 Å². The number of aromatic nitrogens is 7. The highest BCUT2D eigenvalue weighted by Gasteiger charge is 2.34. The molecule has 1 aromatic carbocycles. The molecule has 0 amide bonds. The minimum atomic E-state index is 0.0672. The van der Waals surface area contributed by atoms with E-state index in [1.807, 2.05) is 79.3 Å². The van der Waals surface area contributed by atoms with Gasteiger partial charge in [-0.3, -0.25) is 9.97 Å². The summed E-state index contributed by atoms with van der Waals surface area (Å²) in [4.78, 5) is 21.1. The molecule has 2 atom stereocenters. The summed E-state index contributed by atoms with van der Waals surface area (Å²) in [5, 5.41) is 5.56. The number of imidazole rings is 2. The minimum absolute atomic E-state index is 0.0672. The molecule has 0 spiro atoms. The van der Waals surface area contributed by atoms with E-state index in [0.29, 0.717) is 22.5 Å². The first-order valence-corrected chi connectivity index (χ1v) is 22.8. The van der Waals surface area contributed by atoms with Crippen molar-refractivity contribution in [1.82, 2.24) is 33.9 Å². The monoisotopic (exact) mass is 848 g/mol. The van der Waals surface area contributed by atoms with Gasteiger partial charge in [0, 0.05) is 76.6 Å². The minimum Gasteiger partial charge on any atom is -0.324 e. The number of hydrogen-bond acceptors (Lipinski definition) is 6. The third-order valence-electron chi connectivity index (χ3n) is 10.7. The standard InChI is InChI=1S/C13H15N.C12H16S.C11H14N2.C10H13N3.C8H11N/c1-13(2,3)12-9-14-8-10-6-4-5-7-11(10)12;1-12(2,3)10-8-13-11-7-5-4-6-9(10)11;1-11(2,3)9-8-12-10-6-4-5-7-13(9)10;1-10(2,3)13-7-12-9-8(13)5-4-6-11-9;1-7(2)8-4-3-5-9-6-8/h4-9H,1-3H3;4-9,11H,1-3H3;4-8H,1-3H3;4-7H,1-3H3;3-7H,1-2H3. The van der Waals surface area contributed by atoms with E-state index in [4.69, 9.17) is 0 Å². The van der Waals surface area contributed by atoms with E-state index in [0.717, 1.165) is 16.8 Å². The van der Waals surface area contributed by atoms with Gasteiger partial charge in [0.05, 0.1) is 11.8 Å². The van der Waals surface area contributed by atoms with Crippen LogP contribution >= 0.6 is 11.8 Å². The second kappa shape index (κ2) is 20.2. The lowest BCUT2D eigenvalue weighted by atomic mass is 9.77. The molecule has 8 heteroatoms. The van der Waals surface area contributed by atoms with Crippen LogP contribution in [0.15, 0.2) is 152 Å². The van der Waals surface area contributed by atoms with Crippen molar-refractivity contribution in [2.75, 3.05) is 0 Å². The van der Waals surface area contributed by atoms with E-state index >= 15 is 0 Å². The molecule has 7 aromatic rings. The quantitative estimate of drug-likeness (QED) is 0.164. The van der Waals surface area contributed by atoms with Gasteiger partial charge in [-0.1, -0.05) is 142 Å². The summed E-state index contributed by atoms with van der Waals surface area (Å²) in [6.45, 7) is 30.9. The van der Waals surface area contributed by atoms with E-state index in [9.17, 15) is 0 Å². The molecule has 0 bridgehead atoms. The number of hydrogen-bond donors (Lipinski definition) is 0. The Morgan fingerprint density at radius 3 is 1.98 bits per heavy atom. The van der Waals surface area contributed by atoms with Crippen molar-refractivity contribution in [3.8, 4) is 0 Å². The van der Waals surface area contributed by atoms with E-state index in [1.54, 1.807) is 18.0 Å². The number of fused-ring (bicyclic) bond motifs is 4. The zero-order valence-electron chi connectivity index (χ0n) is 39.6. The first-order valence-electron chi connectivity index (χ1n) is 21.8. The van der Waals surface area contributed by atoms with E-state index in [-0.39, 0.29) is 16.4 Å². The van der Waals surface area contributed by atoms with Gasteiger partial charge in [0.15, 0.2) is 5.65 Å². The van der Waals surface area contributed by atoms with Gasteiger partial charge in [-0.15, -0.1) is 11.8 Å². The summed E-state index contributed by atoms with van der Waals surface area (Å²) >= 11 is 1.96. The van der Waals surface area contributed by atoms with Crippen LogP contribution in [0.25, 0.3) is 27.6 Å². The fourth-order valence-corrected chi connectivity index (χ4v) is 8.61. The molecule has 0 fully saturated rings. The molecule has 7 nitrogen and oxygen atoms in total. The number of pyridine rings is 4. The van der Waals surface area contributed by atoms with Gasteiger partial charge in [0.25, 0.3) is 0 Å². The second-order valence-electron chi connectivity index (χ2n) is 20.3. The highest BCUT2D eigenvalue weighted by molar-refractivity contribution is 8.03. The van der Waals surface area contributed by atoms with Crippen molar-refractivity contribution < 1.29 is 0 Å². The largest absolute Gasteiger partial charge is 0.324 e. The summed E-state index contributed by atoms with van der Waals surface area (Å²) in [6, 6.07) is 22.5. The van der Waals surface area contributed by atoms with Crippen LogP contribution in [-0.2, 0) is 16.4 Å². The molecule has 2 unspecified atom stereocenters. The smallest absolute Gasteiger partial charge is 0.177 e. The van der Waals surface area contributed by atoms with Crippen LogP contribution in [0.5, 0.6) is 0 Å². The zero-order chi connectivity index (χ0) is 45.3. The van der Waals surface area contributed by atoms with Gasteiger partial charge in [-0.05, 0) is 89.8 Å². The number of rotatable bonds is 1. The normalized spacial score (nSPS) is 16.0. The summed E-state index contributed by atoms with van der Waals surface area (Å²) < 4.78 is 4.27. The van der Waals surface area contributed by atoms with Crippen LogP contribution in [0.1, 0.15) is 120 Å². The van der Waals surface area contributed by atoms with Crippen molar-refractivity contribution in [2.24, 2.45) is 11.3 Å². The Balaban J connectivity index is 0.000000147. The fourth-order valence-electron chi connectivity index (χ4n) is 7.21. The first-order chi connectivity index (χ1) is 29.2. The second-order valence-corrected chi connectivity index (χ2v) is 21.3. The maximum Gasteiger partial charge on any atom is 0.177 e. The van der Waals surface area contributed by atoms with Crippen molar-refractivity contribution >= 4 is 39.3 Å². The molecular weight excluding hydrogens is 779 g/mol. The van der Waals surface area contributed by atoms with Crippen LogP contribution in [0.3, 0.4) is 0 Å². The van der Waals surface area contributed by atoms with Crippen LogP contribution in [0, 0.1) is 11.3 Å². The molecule has 6 aromatic heterocycles. The molecule has 0 saturated heterocycles. The third-order valence-corrected chi connectivity index (χ3v) is 11.9. The molecule has 0 saturated carbocycles. The first kappa shape index (κ1) is 47.7. The summed E-state index contributed by atoms with van der Waals surface area (Å²) in [5.74, 6) is 1.24. The Kier molecular flexibility index (Phi) is 15.6. The third kappa shape index (κ3) is 12.6. The van der Waals surface area contributed by atoms with E-state index in [1.165, 1.54) is 27.6 Å². The van der Waals surface area contributed by atoms with E-state index < -0.39 is 0 Å². The molecule has 7 heterocycles. The average Bonchev–Trinajstić information content (AvgIpc) is 3.99. The van der Waals surface area contributed by atoms with Gasteiger partial charge >= 0.3 is 0 Å². The Morgan fingerprint density at radius 2 is 1.34 bits per heavy atom. The van der Waals surface area contributed by atoms with Gasteiger partial charge in [-0.2, -0.15) is 0 Å². The maximum atomic E-state index is 4.35. The average molecular weight is 848 g/mol. The lowest BCUT2D eigenvalue weighted by molar-refractivity contribution is 0.408. The highest BCUT2D eigenvalue weighted by atomic mass is 32.2. The highest BCUT2D eigenvalue weighted by Crippen LogP contribution is 2.46. The maximum absolute atomic E-state index is 4.35. The Labute approximate surface area is 376 Å². The summed E-state index contributed by atoms with van der Waals surface area (Å²) in [6.07, 6.45) is 24.2. The van der Waals surface area contributed by atoms with Gasteiger partial charge in [0.1, 0.15) is 5.65 Å². The lowest BCUT2D eigenvalue weighted by Gasteiger charge is -2.27. The number of nitrogens with zero attached hydrogens (tertiary/aromatic N) is 7. The predicted octanol–water partition coefficient (Wildman–Crippen LogP) is 14.3. The summed E-state index contributed by atoms with van der Waals surface area (Å²) in [7, 11) is 0. The van der Waals surface area contributed by atoms with Crippen LogP contribution in [0.2, 0.25) is 0 Å². The molecule has 0 radical (unpaired) electrons. The van der Waals surface area contributed by atoms with Crippen molar-refractivity contribution in [1.29, 1.82) is 0 Å². The Morgan fingerprint density at radius 1 is 0.629 bits per heavy atom. The molecule has 1 aliphatic carbocycles. The van der Waals surface area contributed by atoms with Crippen LogP contribution in [0.4, 0.5) is 0 Å². The van der Waals surface area contributed by atoms with Crippen molar-refractivity contribution in [3.05, 3.63) is 169 Å². The molecule has 62 heavy (non-hydrogen) atoms. The molecule has 9 rings (SSSR count).